The molecule has 1 aromatic rings. The van der Waals surface area contributed by atoms with Crippen LogP contribution in [0.2, 0.25) is 0 Å². The van der Waals surface area contributed by atoms with E-state index in [9.17, 15) is 13.0 Å². The molecule has 0 amide bonds. The molecule has 10 heteroatoms. The summed E-state index contributed by atoms with van der Waals surface area (Å²) in [6, 6.07) is 7.81. The third-order valence-corrected chi connectivity index (χ3v) is 3.19. The van der Waals surface area contributed by atoms with E-state index in [4.69, 9.17) is 23.2 Å². The Balaban J connectivity index is 2.45. The van der Waals surface area contributed by atoms with Crippen molar-refractivity contribution in [2.45, 2.75) is 0 Å². The van der Waals surface area contributed by atoms with Crippen molar-refractivity contribution >= 4 is 44.4 Å². The minimum Gasteiger partial charge on any atom is -0.268 e. The number of rotatable bonds is 3. The minimum absolute atomic E-state index is 0.0459. The highest BCUT2D eigenvalue weighted by Crippen LogP contribution is 2.21. The van der Waals surface area contributed by atoms with Gasteiger partial charge in [-0.15, -0.1) is 9.52 Å². The molecule has 0 radical (unpaired) electrons. The molecule has 1 aliphatic rings. The SMILES string of the molecule is O=S(=O)(O)N(c1ccccc1)N1N=C(Cl)C=C(Cl)N1. The van der Waals surface area contributed by atoms with Gasteiger partial charge in [0.15, 0.2) is 5.17 Å². The van der Waals surface area contributed by atoms with E-state index in [2.05, 4.69) is 10.5 Å². The van der Waals surface area contributed by atoms with Gasteiger partial charge in [0.2, 0.25) is 0 Å². The summed E-state index contributed by atoms with van der Waals surface area (Å²) in [6.07, 6.45) is 1.28. The number of para-hydroxylation sites is 1. The molecule has 1 aliphatic heterocycles. The van der Waals surface area contributed by atoms with Crippen molar-refractivity contribution in [3.05, 3.63) is 41.6 Å². The summed E-state index contributed by atoms with van der Waals surface area (Å²) in [4.78, 5) is 0. The predicted molar refractivity (Wildman–Crippen MR) is 72.7 cm³/mol. The molecule has 0 fully saturated rings. The Morgan fingerprint density at radius 1 is 1.26 bits per heavy atom. The Morgan fingerprint density at radius 3 is 2.42 bits per heavy atom. The quantitative estimate of drug-likeness (QED) is 0.653. The number of hydrazine groups is 2. The van der Waals surface area contributed by atoms with Gasteiger partial charge >= 0.3 is 10.3 Å². The van der Waals surface area contributed by atoms with Gasteiger partial charge in [0, 0.05) is 6.08 Å². The number of nitrogens with one attached hydrogen (secondary N) is 1. The molecule has 2 N–H and O–H groups in total. The van der Waals surface area contributed by atoms with Crippen LogP contribution in [0.1, 0.15) is 0 Å². The highest BCUT2D eigenvalue weighted by molar-refractivity contribution is 7.87. The van der Waals surface area contributed by atoms with E-state index in [0.717, 1.165) is 5.23 Å². The van der Waals surface area contributed by atoms with E-state index < -0.39 is 10.3 Å². The first-order chi connectivity index (χ1) is 8.88. The van der Waals surface area contributed by atoms with E-state index in [1.165, 1.54) is 18.2 Å². The third-order valence-electron chi connectivity index (χ3n) is 2.01. The Hall–Kier alpha value is -1.48. The molecule has 0 spiro atoms. The molecular formula is C9H8Cl2N4O3S. The number of nitrogens with zero attached hydrogens (tertiary/aromatic N) is 3. The normalized spacial score (nSPS) is 15.4. The average molecular weight is 323 g/mol. The van der Waals surface area contributed by atoms with Crippen LogP contribution in [0.25, 0.3) is 0 Å². The van der Waals surface area contributed by atoms with Gasteiger partial charge in [-0.25, -0.2) is 0 Å². The lowest BCUT2D eigenvalue weighted by atomic mass is 10.3. The molecule has 2 rings (SSSR count). The van der Waals surface area contributed by atoms with Crippen molar-refractivity contribution in [3.8, 4) is 0 Å². The van der Waals surface area contributed by atoms with Gasteiger partial charge in [-0.05, 0) is 12.1 Å². The van der Waals surface area contributed by atoms with Crippen molar-refractivity contribution in [2.75, 3.05) is 4.41 Å². The molecule has 7 nitrogen and oxygen atoms in total. The lowest BCUT2D eigenvalue weighted by Crippen LogP contribution is -2.51. The van der Waals surface area contributed by atoms with Crippen LogP contribution in [0.15, 0.2) is 46.7 Å². The Morgan fingerprint density at radius 2 is 1.89 bits per heavy atom. The molecule has 19 heavy (non-hydrogen) atoms. The van der Waals surface area contributed by atoms with Crippen molar-refractivity contribution in [2.24, 2.45) is 5.10 Å². The molecular weight excluding hydrogens is 315 g/mol. The maximum atomic E-state index is 11.5. The van der Waals surface area contributed by atoms with Crippen molar-refractivity contribution in [1.82, 2.24) is 10.7 Å². The first kappa shape index (κ1) is 13.9. The topological polar surface area (TPSA) is 85.2 Å². The number of anilines is 1. The second-order valence-electron chi connectivity index (χ2n) is 3.37. The van der Waals surface area contributed by atoms with Gasteiger partial charge in [0.25, 0.3) is 0 Å². The maximum absolute atomic E-state index is 11.5. The highest BCUT2D eigenvalue weighted by Gasteiger charge is 2.28. The van der Waals surface area contributed by atoms with Crippen LogP contribution in [0, 0.1) is 0 Å². The molecule has 1 heterocycles. The van der Waals surface area contributed by atoms with Crippen molar-refractivity contribution in [3.63, 3.8) is 0 Å². The smallest absolute Gasteiger partial charge is 0.268 e. The van der Waals surface area contributed by atoms with Gasteiger partial charge in [-0.1, -0.05) is 46.6 Å². The zero-order valence-corrected chi connectivity index (χ0v) is 11.6. The molecule has 0 bridgehead atoms. The van der Waals surface area contributed by atoms with Gasteiger partial charge in [0.05, 0.1) is 5.69 Å². The fourth-order valence-corrected chi connectivity index (χ4v) is 2.44. The fraction of sp³-hybridized carbons (Fsp3) is 0. The van der Waals surface area contributed by atoms with E-state index in [1.807, 2.05) is 0 Å². The van der Waals surface area contributed by atoms with Gasteiger partial charge in [-0.2, -0.15) is 8.42 Å². The number of hydrogen-bond acceptors (Lipinski definition) is 5. The highest BCUT2D eigenvalue weighted by atomic mass is 35.5. The zero-order chi connectivity index (χ0) is 14.0. The largest absolute Gasteiger partial charge is 0.380 e. The minimum atomic E-state index is -4.62. The Bertz CT molecular complexity index is 632. The van der Waals surface area contributed by atoms with Gasteiger partial charge < -0.3 is 0 Å². The van der Waals surface area contributed by atoms with E-state index >= 15 is 0 Å². The van der Waals surface area contributed by atoms with Crippen molar-refractivity contribution in [1.29, 1.82) is 0 Å². The molecule has 0 aromatic heterocycles. The second-order valence-corrected chi connectivity index (χ2v) is 5.41. The lowest BCUT2D eigenvalue weighted by Gasteiger charge is -2.32. The third kappa shape index (κ3) is 3.29. The first-order valence-electron chi connectivity index (χ1n) is 4.89. The Labute approximate surface area is 119 Å². The van der Waals surface area contributed by atoms with Crippen LogP contribution >= 0.6 is 23.2 Å². The Kier molecular flexibility index (Phi) is 3.85. The van der Waals surface area contributed by atoms with Crippen LogP contribution in [0.4, 0.5) is 5.69 Å². The number of allylic oxidation sites excluding steroid dienone is 1. The second kappa shape index (κ2) is 5.25. The summed E-state index contributed by atoms with van der Waals surface area (Å²) in [5.74, 6) is 0. The molecule has 1 aromatic carbocycles. The van der Waals surface area contributed by atoms with E-state index in [-0.39, 0.29) is 16.0 Å². The summed E-state index contributed by atoms with van der Waals surface area (Å²) in [7, 11) is -4.62. The summed E-state index contributed by atoms with van der Waals surface area (Å²) >= 11 is 11.4. The summed E-state index contributed by atoms with van der Waals surface area (Å²) in [5, 5.41) is 4.42. The number of hydrazone groups is 1. The standard InChI is InChI=1S/C9H8Cl2N4O3S/c10-8-6-9(11)13-15(12-8)14(19(16,17)18)7-4-2-1-3-5-7/h1-6,12H,(H,16,17,18). The van der Waals surface area contributed by atoms with Crippen LogP contribution in [-0.4, -0.2) is 23.4 Å². The average Bonchev–Trinajstić information content (AvgIpc) is 2.27. The van der Waals surface area contributed by atoms with Crippen LogP contribution in [-0.2, 0) is 10.3 Å². The summed E-state index contributed by atoms with van der Waals surface area (Å²) < 4.78 is 32.7. The molecule has 0 saturated heterocycles. The molecule has 102 valence electrons. The summed E-state index contributed by atoms with van der Waals surface area (Å²) in [5.41, 5.74) is 2.58. The van der Waals surface area contributed by atoms with Crippen LogP contribution in [0.5, 0.6) is 0 Å². The molecule has 0 saturated carbocycles. The van der Waals surface area contributed by atoms with E-state index in [0.29, 0.717) is 4.41 Å². The molecule has 0 unspecified atom stereocenters. The number of benzene rings is 1. The van der Waals surface area contributed by atoms with Crippen LogP contribution < -0.4 is 9.84 Å². The first-order valence-corrected chi connectivity index (χ1v) is 7.04. The monoisotopic (exact) mass is 322 g/mol. The molecule has 0 aliphatic carbocycles. The number of halogens is 2. The maximum Gasteiger partial charge on any atom is 0.380 e. The molecule has 0 atom stereocenters. The lowest BCUT2D eigenvalue weighted by molar-refractivity contribution is 0.232. The fourth-order valence-electron chi connectivity index (χ4n) is 1.36. The van der Waals surface area contributed by atoms with Crippen LogP contribution in [0.3, 0.4) is 0 Å². The number of hydrogen-bond donors (Lipinski definition) is 2. The van der Waals surface area contributed by atoms with Gasteiger partial charge in [0.1, 0.15) is 5.16 Å². The van der Waals surface area contributed by atoms with Gasteiger partial charge in [-0.3, -0.25) is 9.98 Å². The zero-order valence-electron chi connectivity index (χ0n) is 9.23. The predicted octanol–water partition coefficient (Wildman–Crippen LogP) is 1.66. The van der Waals surface area contributed by atoms with E-state index in [1.54, 1.807) is 18.2 Å². The summed E-state index contributed by atoms with van der Waals surface area (Å²) in [6.45, 7) is 0. The van der Waals surface area contributed by atoms with Crippen molar-refractivity contribution < 1.29 is 13.0 Å².